The molecule has 2 aromatic rings. The van der Waals surface area contributed by atoms with Gasteiger partial charge in [-0.1, -0.05) is 46.9 Å². The number of benzene rings is 2. The van der Waals surface area contributed by atoms with Crippen LogP contribution >= 0.6 is 46.4 Å². The van der Waals surface area contributed by atoms with Gasteiger partial charge in [0.1, 0.15) is 0 Å². The highest BCUT2D eigenvalue weighted by Gasteiger charge is 2.13. The molecule has 0 aliphatic rings. The van der Waals surface area contributed by atoms with E-state index in [9.17, 15) is 4.79 Å². The minimum atomic E-state index is -0.317. The van der Waals surface area contributed by atoms with Crippen LogP contribution in [-0.2, 0) is 5.88 Å². The molecule has 2 rings (SSSR count). The van der Waals surface area contributed by atoms with Gasteiger partial charge in [0.15, 0.2) is 0 Å². The molecule has 6 heteroatoms. The molecule has 0 unspecified atom stereocenters. The molecular weight excluding hydrogens is 340 g/mol. The van der Waals surface area contributed by atoms with E-state index in [2.05, 4.69) is 5.32 Å². The summed E-state index contributed by atoms with van der Waals surface area (Å²) in [5, 5.41) is 3.64. The molecule has 0 radical (unpaired) electrons. The maximum absolute atomic E-state index is 12.2. The van der Waals surface area contributed by atoms with Crippen molar-refractivity contribution in [1.82, 2.24) is 0 Å². The van der Waals surface area contributed by atoms with Crippen LogP contribution in [0.25, 0.3) is 0 Å². The predicted octanol–water partition coefficient (Wildman–Crippen LogP) is 5.64. The number of hydrogen-bond donors (Lipinski definition) is 1. The molecule has 0 atom stereocenters. The average Bonchev–Trinajstić information content (AvgIpc) is 2.42. The highest BCUT2D eigenvalue weighted by atomic mass is 35.5. The smallest absolute Gasteiger partial charge is 0.255 e. The Kier molecular flexibility index (Phi) is 5.17. The Morgan fingerprint density at radius 3 is 2.30 bits per heavy atom. The topological polar surface area (TPSA) is 29.1 Å². The van der Waals surface area contributed by atoms with Crippen molar-refractivity contribution in [2.24, 2.45) is 0 Å². The van der Waals surface area contributed by atoms with Gasteiger partial charge in [-0.2, -0.15) is 0 Å². The maximum Gasteiger partial charge on any atom is 0.255 e. The van der Waals surface area contributed by atoms with Gasteiger partial charge in [-0.3, -0.25) is 4.79 Å². The zero-order valence-corrected chi connectivity index (χ0v) is 13.1. The van der Waals surface area contributed by atoms with E-state index in [0.717, 1.165) is 5.56 Å². The fraction of sp³-hybridized carbons (Fsp3) is 0.0714. The molecule has 1 amide bonds. The van der Waals surface area contributed by atoms with E-state index in [0.29, 0.717) is 22.2 Å². The van der Waals surface area contributed by atoms with E-state index in [4.69, 9.17) is 46.4 Å². The van der Waals surface area contributed by atoms with Gasteiger partial charge in [0, 0.05) is 16.5 Å². The highest BCUT2D eigenvalue weighted by molar-refractivity contribution is 6.42. The zero-order valence-electron chi connectivity index (χ0n) is 10.1. The first-order chi connectivity index (χ1) is 9.51. The first-order valence-electron chi connectivity index (χ1n) is 5.62. The number of hydrogen-bond acceptors (Lipinski definition) is 1. The minimum Gasteiger partial charge on any atom is -0.319 e. The average molecular weight is 349 g/mol. The first-order valence-corrected chi connectivity index (χ1v) is 7.29. The largest absolute Gasteiger partial charge is 0.319 e. The van der Waals surface area contributed by atoms with Crippen molar-refractivity contribution in [2.45, 2.75) is 5.88 Å². The van der Waals surface area contributed by atoms with E-state index in [-0.39, 0.29) is 16.0 Å². The van der Waals surface area contributed by atoms with Crippen molar-refractivity contribution < 1.29 is 4.79 Å². The summed E-state index contributed by atoms with van der Waals surface area (Å²) in [6, 6.07) is 10.0. The maximum atomic E-state index is 12.2. The second-order valence-corrected chi connectivity index (χ2v) is 5.55. The number of rotatable bonds is 3. The number of alkyl halides is 1. The SMILES string of the molecule is O=C(Nc1c(Cl)cc(Cl)cc1Cl)c1cccc(CCl)c1. The first kappa shape index (κ1) is 15.5. The molecule has 0 spiro atoms. The molecule has 104 valence electrons. The van der Waals surface area contributed by atoms with Crippen LogP contribution in [0.5, 0.6) is 0 Å². The van der Waals surface area contributed by atoms with Crippen LogP contribution in [0.1, 0.15) is 15.9 Å². The zero-order chi connectivity index (χ0) is 14.7. The summed E-state index contributed by atoms with van der Waals surface area (Å²) in [7, 11) is 0. The summed E-state index contributed by atoms with van der Waals surface area (Å²) in [6.45, 7) is 0. The summed E-state index contributed by atoms with van der Waals surface area (Å²) < 4.78 is 0. The van der Waals surface area contributed by atoms with Gasteiger partial charge in [0.05, 0.1) is 15.7 Å². The van der Waals surface area contributed by atoms with Gasteiger partial charge in [-0.25, -0.2) is 0 Å². The van der Waals surface area contributed by atoms with Crippen molar-refractivity contribution >= 4 is 58.0 Å². The minimum absolute atomic E-state index is 0.282. The molecule has 2 nitrogen and oxygen atoms in total. The summed E-state index contributed by atoms with van der Waals surface area (Å²) in [4.78, 5) is 12.2. The molecule has 0 saturated heterocycles. The summed E-state index contributed by atoms with van der Waals surface area (Å²) in [5.41, 5.74) is 1.66. The van der Waals surface area contributed by atoms with E-state index in [1.807, 2.05) is 6.07 Å². The van der Waals surface area contributed by atoms with Gasteiger partial charge in [-0.05, 0) is 29.8 Å². The molecule has 1 N–H and O–H groups in total. The molecule has 0 saturated carbocycles. The van der Waals surface area contributed by atoms with Gasteiger partial charge in [0.2, 0.25) is 0 Å². The van der Waals surface area contributed by atoms with E-state index >= 15 is 0 Å². The van der Waals surface area contributed by atoms with Crippen LogP contribution in [0, 0.1) is 0 Å². The van der Waals surface area contributed by atoms with Gasteiger partial charge in [-0.15, -0.1) is 11.6 Å². The number of carbonyl (C=O) groups excluding carboxylic acids is 1. The third-order valence-corrected chi connectivity index (χ3v) is 3.71. The molecule has 0 aliphatic heterocycles. The van der Waals surface area contributed by atoms with E-state index in [1.165, 1.54) is 12.1 Å². The van der Waals surface area contributed by atoms with Crippen LogP contribution in [-0.4, -0.2) is 5.91 Å². The Morgan fingerprint density at radius 2 is 1.70 bits per heavy atom. The fourth-order valence-corrected chi connectivity index (χ4v) is 2.72. The Bertz CT molecular complexity index is 634. The summed E-state index contributed by atoms with van der Waals surface area (Å²) in [6.07, 6.45) is 0. The van der Waals surface area contributed by atoms with Crippen molar-refractivity contribution in [2.75, 3.05) is 5.32 Å². The molecular formula is C14H9Cl4NO. The lowest BCUT2D eigenvalue weighted by atomic mass is 10.1. The summed E-state index contributed by atoms with van der Waals surface area (Å²) in [5.74, 6) is 0.0203. The molecule has 0 aromatic heterocycles. The lowest BCUT2D eigenvalue weighted by molar-refractivity contribution is 0.102. The third kappa shape index (κ3) is 3.58. The number of halogens is 4. The third-order valence-electron chi connectivity index (χ3n) is 2.59. The van der Waals surface area contributed by atoms with Crippen molar-refractivity contribution in [1.29, 1.82) is 0 Å². The predicted molar refractivity (Wildman–Crippen MR) is 85.4 cm³/mol. The second-order valence-electron chi connectivity index (χ2n) is 4.03. The van der Waals surface area contributed by atoms with Gasteiger partial charge in [0.25, 0.3) is 5.91 Å². The Balaban J connectivity index is 2.28. The van der Waals surface area contributed by atoms with E-state index in [1.54, 1.807) is 18.2 Å². The van der Waals surface area contributed by atoms with Crippen LogP contribution in [0.15, 0.2) is 36.4 Å². The molecule has 20 heavy (non-hydrogen) atoms. The van der Waals surface area contributed by atoms with Gasteiger partial charge >= 0.3 is 0 Å². The highest BCUT2D eigenvalue weighted by Crippen LogP contribution is 2.33. The molecule has 0 aliphatic carbocycles. The van der Waals surface area contributed by atoms with E-state index < -0.39 is 0 Å². The van der Waals surface area contributed by atoms with Gasteiger partial charge < -0.3 is 5.32 Å². The quantitative estimate of drug-likeness (QED) is 0.714. The van der Waals surface area contributed by atoms with Crippen LogP contribution < -0.4 is 5.32 Å². The fourth-order valence-electron chi connectivity index (χ4n) is 1.64. The van der Waals surface area contributed by atoms with Crippen LogP contribution in [0.4, 0.5) is 5.69 Å². The number of nitrogens with one attached hydrogen (secondary N) is 1. The number of amides is 1. The van der Waals surface area contributed by atoms with Crippen molar-refractivity contribution in [3.05, 3.63) is 62.6 Å². The second kappa shape index (κ2) is 6.68. The molecule has 0 fully saturated rings. The van der Waals surface area contributed by atoms with Crippen LogP contribution in [0.3, 0.4) is 0 Å². The molecule has 0 bridgehead atoms. The number of anilines is 1. The monoisotopic (exact) mass is 347 g/mol. The van der Waals surface area contributed by atoms with Crippen LogP contribution in [0.2, 0.25) is 15.1 Å². The standard InChI is InChI=1S/C14H9Cl4NO/c15-7-8-2-1-3-9(4-8)14(20)19-13-11(17)5-10(16)6-12(13)18/h1-6H,7H2,(H,19,20). The molecule has 2 aromatic carbocycles. The lowest BCUT2D eigenvalue weighted by Gasteiger charge is -2.10. The number of carbonyl (C=O) groups is 1. The summed E-state index contributed by atoms with van der Waals surface area (Å²) >= 11 is 23.6. The lowest BCUT2D eigenvalue weighted by Crippen LogP contribution is -2.12. The molecule has 0 heterocycles. The Labute approximate surface area is 136 Å². The Hall–Kier alpha value is -0.930. The normalized spacial score (nSPS) is 10.4. The van der Waals surface area contributed by atoms with Crippen molar-refractivity contribution in [3.63, 3.8) is 0 Å². The van der Waals surface area contributed by atoms with Crippen molar-refractivity contribution in [3.8, 4) is 0 Å². The Morgan fingerprint density at radius 1 is 1.05 bits per heavy atom.